The van der Waals surface area contributed by atoms with Crippen molar-refractivity contribution in [2.45, 2.75) is 51.2 Å². The number of benzene rings is 1. The highest BCUT2D eigenvalue weighted by Crippen LogP contribution is 2.40. The zero-order valence-electron chi connectivity index (χ0n) is 19.9. The number of nitrogens with zero attached hydrogens (tertiary/aromatic N) is 4. The van der Waals surface area contributed by atoms with Crippen LogP contribution in [0.4, 0.5) is 21.0 Å². The Hall–Kier alpha value is -2.78. The number of piperazine rings is 1. The second kappa shape index (κ2) is 9.46. The molecule has 1 amide bonds. The lowest BCUT2D eigenvalue weighted by Gasteiger charge is -2.35. The largest absolute Gasteiger partial charge is 0.447 e. The van der Waals surface area contributed by atoms with Gasteiger partial charge in [-0.05, 0) is 37.3 Å². The summed E-state index contributed by atoms with van der Waals surface area (Å²) in [7, 11) is 0. The number of nitrogens with one attached hydrogen (secondary N) is 2. The highest BCUT2D eigenvalue weighted by molar-refractivity contribution is 5.90. The van der Waals surface area contributed by atoms with Crippen LogP contribution in [0.5, 0.6) is 0 Å². The molecule has 5 rings (SSSR count). The number of rotatable bonds is 8. The van der Waals surface area contributed by atoms with Gasteiger partial charge in [0.1, 0.15) is 12.4 Å². The van der Waals surface area contributed by atoms with Crippen LogP contribution in [0.25, 0.3) is 0 Å². The first-order valence-electron chi connectivity index (χ1n) is 12.2. The molecule has 2 aromatic rings. The third-order valence-corrected chi connectivity index (χ3v) is 6.91. The summed E-state index contributed by atoms with van der Waals surface area (Å²) in [5, 5.41) is 6.55. The Morgan fingerprint density at radius 2 is 1.94 bits per heavy atom. The maximum atomic E-state index is 14.2. The van der Waals surface area contributed by atoms with Crippen molar-refractivity contribution >= 4 is 17.9 Å². The van der Waals surface area contributed by atoms with E-state index in [1.165, 1.54) is 29.7 Å². The number of hydrogen-bond donors (Lipinski definition) is 2. The summed E-state index contributed by atoms with van der Waals surface area (Å²) in [4.78, 5) is 24.4. The van der Waals surface area contributed by atoms with E-state index in [1.54, 1.807) is 0 Å². The number of halogens is 1. The number of anilines is 2. The predicted molar refractivity (Wildman–Crippen MR) is 128 cm³/mol. The van der Waals surface area contributed by atoms with E-state index in [0.29, 0.717) is 12.6 Å². The van der Waals surface area contributed by atoms with Gasteiger partial charge in [-0.25, -0.2) is 4.79 Å². The summed E-state index contributed by atoms with van der Waals surface area (Å²) >= 11 is 0. The number of ether oxygens (including phenoxy) is 1. The van der Waals surface area contributed by atoms with Gasteiger partial charge in [-0.15, -0.1) is 0 Å². The van der Waals surface area contributed by atoms with Gasteiger partial charge in [-0.1, -0.05) is 37.1 Å². The number of hydrogen-bond acceptors (Lipinski definition) is 7. The molecular formula is C25H33FN6O2. The van der Waals surface area contributed by atoms with Crippen molar-refractivity contribution < 1.29 is 13.9 Å². The highest BCUT2D eigenvalue weighted by Gasteiger charge is 2.42. The SMILES string of the molecule is CC1(C)COC(=O)N1c1cc(F)nc(NCc2ccc(C(CC3CC3)N3CCNCC3)cc2)n1. The molecule has 9 heteroatoms. The molecule has 0 spiro atoms. The quantitative estimate of drug-likeness (QED) is 0.572. The monoisotopic (exact) mass is 468 g/mol. The Bertz CT molecular complexity index is 1020. The number of carbonyl (C=O) groups excluding carboxylic acids is 1. The zero-order chi connectivity index (χ0) is 23.7. The molecule has 1 unspecified atom stereocenters. The van der Waals surface area contributed by atoms with Gasteiger partial charge >= 0.3 is 6.09 Å². The van der Waals surface area contributed by atoms with E-state index < -0.39 is 17.6 Å². The number of aromatic nitrogens is 2. The molecule has 2 aliphatic heterocycles. The highest BCUT2D eigenvalue weighted by atomic mass is 19.1. The maximum absolute atomic E-state index is 14.2. The van der Waals surface area contributed by atoms with Crippen molar-refractivity contribution in [2.24, 2.45) is 5.92 Å². The van der Waals surface area contributed by atoms with E-state index in [1.807, 2.05) is 13.8 Å². The van der Waals surface area contributed by atoms with Crippen molar-refractivity contribution in [1.29, 1.82) is 0 Å². The summed E-state index contributed by atoms with van der Waals surface area (Å²) in [5.41, 5.74) is 1.81. The first-order valence-corrected chi connectivity index (χ1v) is 12.2. The van der Waals surface area contributed by atoms with Crippen LogP contribution in [0, 0.1) is 11.9 Å². The van der Waals surface area contributed by atoms with Gasteiger partial charge in [0.25, 0.3) is 0 Å². The molecule has 182 valence electrons. The normalized spacial score (nSPS) is 21.4. The summed E-state index contributed by atoms with van der Waals surface area (Å²) in [6.07, 6.45) is 3.40. The fourth-order valence-electron chi connectivity index (χ4n) is 4.82. The molecule has 1 atom stereocenters. The number of amides is 1. The van der Waals surface area contributed by atoms with E-state index in [9.17, 15) is 9.18 Å². The smallest absolute Gasteiger partial charge is 0.416 e. The Morgan fingerprint density at radius 3 is 2.59 bits per heavy atom. The molecule has 8 nitrogen and oxygen atoms in total. The van der Waals surface area contributed by atoms with Crippen molar-refractivity contribution in [1.82, 2.24) is 20.2 Å². The molecule has 3 aliphatic rings. The second-order valence-corrected chi connectivity index (χ2v) is 10.2. The van der Waals surface area contributed by atoms with E-state index in [0.717, 1.165) is 43.7 Å². The standard InChI is InChI=1S/C25H33FN6O2/c1-25(2)16-34-24(33)32(25)22-14-21(26)29-23(30-22)28-15-18-5-7-19(8-6-18)20(13-17-3-4-17)31-11-9-27-10-12-31/h5-8,14,17,20,27H,3-4,9-13,15-16H2,1-2H3,(H,28,29,30). The van der Waals surface area contributed by atoms with Crippen LogP contribution < -0.4 is 15.5 Å². The Morgan fingerprint density at radius 1 is 1.21 bits per heavy atom. The first-order chi connectivity index (χ1) is 16.4. The Balaban J connectivity index is 1.26. The summed E-state index contributed by atoms with van der Waals surface area (Å²) < 4.78 is 19.4. The van der Waals surface area contributed by atoms with E-state index in [4.69, 9.17) is 4.74 Å². The Labute approximate surface area is 199 Å². The van der Waals surface area contributed by atoms with Gasteiger partial charge in [-0.2, -0.15) is 14.4 Å². The van der Waals surface area contributed by atoms with Gasteiger partial charge in [0.15, 0.2) is 0 Å². The zero-order valence-corrected chi connectivity index (χ0v) is 19.9. The molecule has 34 heavy (non-hydrogen) atoms. The van der Waals surface area contributed by atoms with Crippen LogP contribution in [-0.4, -0.2) is 59.3 Å². The molecular weight excluding hydrogens is 435 g/mol. The fourth-order valence-corrected chi connectivity index (χ4v) is 4.82. The summed E-state index contributed by atoms with van der Waals surface area (Å²) in [6, 6.07) is 10.3. The van der Waals surface area contributed by atoms with Crippen LogP contribution in [0.3, 0.4) is 0 Å². The van der Waals surface area contributed by atoms with Gasteiger partial charge in [-0.3, -0.25) is 9.80 Å². The van der Waals surface area contributed by atoms with Crippen LogP contribution in [0.1, 0.15) is 50.3 Å². The minimum atomic E-state index is -0.697. The third kappa shape index (κ3) is 5.15. The van der Waals surface area contributed by atoms with E-state index in [-0.39, 0.29) is 18.4 Å². The van der Waals surface area contributed by atoms with Crippen LogP contribution in [-0.2, 0) is 11.3 Å². The fraction of sp³-hybridized carbons (Fsp3) is 0.560. The molecule has 1 aliphatic carbocycles. The summed E-state index contributed by atoms with van der Waals surface area (Å²) in [5.74, 6) is 0.495. The molecule has 2 N–H and O–H groups in total. The predicted octanol–water partition coefficient (Wildman–Crippen LogP) is 3.71. The van der Waals surface area contributed by atoms with Gasteiger partial charge < -0.3 is 15.4 Å². The average molecular weight is 469 g/mol. The molecule has 2 saturated heterocycles. The van der Waals surface area contributed by atoms with Crippen LogP contribution in [0.15, 0.2) is 30.3 Å². The number of carbonyl (C=O) groups is 1. The average Bonchev–Trinajstić information content (AvgIpc) is 3.60. The number of cyclic esters (lactones) is 1. The van der Waals surface area contributed by atoms with Crippen molar-refractivity contribution in [2.75, 3.05) is 43.0 Å². The van der Waals surface area contributed by atoms with Crippen LogP contribution in [0.2, 0.25) is 0 Å². The molecule has 1 saturated carbocycles. The summed E-state index contributed by atoms with van der Waals surface area (Å²) in [6.45, 7) is 8.64. The Kier molecular flexibility index (Phi) is 6.40. The minimum Gasteiger partial charge on any atom is -0.447 e. The maximum Gasteiger partial charge on any atom is 0.416 e. The molecule has 3 fully saturated rings. The van der Waals surface area contributed by atoms with Crippen molar-refractivity contribution in [3.05, 3.63) is 47.4 Å². The topological polar surface area (TPSA) is 82.6 Å². The molecule has 0 bridgehead atoms. The third-order valence-electron chi connectivity index (χ3n) is 6.91. The van der Waals surface area contributed by atoms with Gasteiger partial charge in [0.05, 0.1) is 5.54 Å². The minimum absolute atomic E-state index is 0.141. The van der Waals surface area contributed by atoms with Crippen LogP contribution >= 0.6 is 0 Å². The van der Waals surface area contributed by atoms with Crippen molar-refractivity contribution in [3.63, 3.8) is 0 Å². The lowest BCUT2D eigenvalue weighted by Crippen LogP contribution is -2.45. The molecule has 1 aromatic heterocycles. The second-order valence-electron chi connectivity index (χ2n) is 10.2. The van der Waals surface area contributed by atoms with Crippen molar-refractivity contribution in [3.8, 4) is 0 Å². The van der Waals surface area contributed by atoms with Gasteiger partial charge in [0.2, 0.25) is 11.9 Å². The van der Waals surface area contributed by atoms with E-state index >= 15 is 0 Å². The molecule has 1 aromatic carbocycles. The van der Waals surface area contributed by atoms with E-state index in [2.05, 4.69) is 49.8 Å². The van der Waals surface area contributed by atoms with Gasteiger partial charge in [0, 0.05) is 44.8 Å². The molecule has 0 radical (unpaired) electrons. The molecule has 3 heterocycles. The lowest BCUT2D eigenvalue weighted by molar-refractivity contribution is 0.160. The lowest BCUT2D eigenvalue weighted by atomic mass is 9.97. The first kappa shape index (κ1) is 23.0.